The van der Waals surface area contributed by atoms with Crippen LogP contribution in [0.2, 0.25) is 0 Å². The Hall–Kier alpha value is -0.960. The van der Waals surface area contributed by atoms with E-state index in [-0.39, 0.29) is 22.9 Å². The normalized spacial score (nSPS) is 33.2. The number of fused-ring (bicyclic) bond motifs is 2. The maximum atomic E-state index is 12.5. The SMILES string of the molecule is Cc1ccc(S)cc1C(=O)OC1CC2CCC1(C)C2(C)C. The molecule has 2 saturated carbocycles. The number of ether oxygens (including phenoxy) is 1. The quantitative estimate of drug-likeness (QED) is 0.635. The number of aryl methyl sites for hydroxylation is 1. The van der Waals surface area contributed by atoms with Crippen molar-refractivity contribution in [2.75, 3.05) is 0 Å². The van der Waals surface area contributed by atoms with E-state index in [0.29, 0.717) is 11.5 Å². The smallest absolute Gasteiger partial charge is 0.338 e. The van der Waals surface area contributed by atoms with E-state index in [0.717, 1.165) is 23.3 Å². The lowest BCUT2D eigenvalue weighted by atomic mass is 9.70. The molecule has 2 aliphatic carbocycles. The van der Waals surface area contributed by atoms with Crippen molar-refractivity contribution in [3.05, 3.63) is 29.3 Å². The summed E-state index contributed by atoms with van der Waals surface area (Å²) in [5, 5.41) is 0. The molecule has 0 heterocycles. The van der Waals surface area contributed by atoms with Crippen LogP contribution in [0.3, 0.4) is 0 Å². The molecule has 0 aliphatic heterocycles. The van der Waals surface area contributed by atoms with Gasteiger partial charge in [-0.1, -0.05) is 26.8 Å². The lowest BCUT2D eigenvalue weighted by Gasteiger charge is -2.38. The van der Waals surface area contributed by atoms with E-state index in [1.807, 2.05) is 25.1 Å². The Morgan fingerprint density at radius 3 is 2.62 bits per heavy atom. The van der Waals surface area contributed by atoms with E-state index in [1.54, 1.807) is 0 Å². The van der Waals surface area contributed by atoms with Gasteiger partial charge in [0.15, 0.2) is 0 Å². The zero-order chi connectivity index (χ0) is 15.4. The summed E-state index contributed by atoms with van der Waals surface area (Å²) in [4.78, 5) is 13.3. The van der Waals surface area contributed by atoms with Gasteiger partial charge in [-0.15, -0.1) is 12.6 Å². The molecular weight excluding hydrogens is 280 g/mol. The molecule has 1 aromatic carbocycles. The number of hydrogen-bond acceptors (Lipinski definition) is 3. The third-order valence-electron chi connectivity index (χ3n) is 6.40. The number of carbonyl (C=O) groups excluding carboxylic acids is 1. The Labute approximate surface area is 132 Å². The van der Waals surface area contributed by atoms with Crippen LogP contribution >= 0.6 is 12.6 Å². The van der Waals surface area contributed by atoms with Crippen LogP contribution in [-0.2, 0) is 4.74 Å². The molecule has 0 spiro atoms. The van der Waals surface area contributed by atoms with Crippen LogP contribution in [-0.4, -0.2) is 12.1 Å². The minimum absolute atomic E-state index is 0.0433. The molecule has 3 rings (SSSR count). The second-order valence-electron chi connectivity index (χ2n) is 7.50. The second kappa shape index (κ2) is 4.77. The molecule has 0 N–H and O–H groups in total. The topological polar surface area (TPSA) is 26.3 Å². The highest BCUT2D eigenvalue weighted by Crippen LogP contribution is 2.66. The summed E-state index contributed by atoms with van der Waals surface area (Å²) in [7, 11) is 0. The van der Waals surface area contributed by atoms with Crippen molar-refractivity contribution < 1.29 is 9.53 Å². The van der Waals surface area contributed by atoms with Gasteiger partial charge in [-0.2, -0.15) is 0 Å². The molecule has 0 aromatic heterocycles. The molecular formula is C18H24O2S. The first-order valence-electron chi connectivity index (χ1n) is 7.76. The average Bonchev–Trinajstić information content (AvgIpc) is 2.74. The first-order valence-corrected chi connectivity index (χ1v) is 8.21. The third-order valence-corrected chi connectivity index (χ3v) is 6.68. The molecule has 114 valence electrons. The van der Waals surface area contributed by atoms with Gasteiger partial charge in [0.1, 0.15) is 6.10 Å². The number of benzene rings is 1. The van der Waals surface area contributed by atoms with Crippen molar-refractivity contribution in [3.8, 4) is 0 Å². The monoisotopic (exact) mass is 304 g/mol. The highest BCUT2D eigenvalue weighted by Gasteiger charge is 2.62. The van der Waals surface area contributed by atoms with Crippen LogP contribution in [0.1, 0.15) is 56.0 Å². The predicted molar refractivity (Wildman–Crippen MR) is 86.9 cm³/mol. The maximum Gasteiger partial charge on any atom is 0.338 e. The van der Waals surface area contributed by atoms with E-state index in [4.69, 9.17) is 4.74 Å². The highest BCUT2D eigenvalue weighted by molar-refractivity contribution is 7.80. The molecule has 0 saturated heterocycles. The molecule has 2 nitrogen and oxygen atoms in total. The Morgan fingerprint density at radius 2 is 2.05 bits per heavy atom. The number of esters is 1. The average molecular weight is 304 g/mol. The first kappa shape index (κ1) is 15.0. The van der Waals surface area contributed by atoms with E-state index < -0.39 is 0 Å². The van der Waals surface area contributed by atoms with Crippen LogP contribution in [0.15, 0.2) is 23.1 Å². The number of rotatable bonds is 2. The van der Waals surface area contributed by atoms with Gasteiger partial charge in [0.25, 0.3) is 0 Å². The lowest BCUT2D eigenvalue weighted by Crippen LogP contribution is -2.38. The number of hydrogen-bond donors (Lipinski definition) is 1. The summed E-state index contributed by atoms with van der Waals surface area (Å²) in [6.07, 6.45) is 3.48. The molecule has 3 heteroatoms. The molecule has 2 bridgehead atoms. The zero-order valence-electron chi connectivity index (χ0n) is 13.3. The van der Waals surface area contributed by atoms with E-state index in [2.05, 4.69) is 33.4 Å². The molecule has 2 fully saturated rings. The predicted octanol–water partition coefficient (Wildman–Crippen LogP) is 4.66. The summed E-state index contributed by atoms with van der Waals surface area (Å²) in [5.41, 5.74) is 1.97. The van der Waals surface area contributed by atoms with Gasteiger partial charge >= 0.3 is 5.97 Å². The second-order valence-corrected chi connectivity index (χ2v) is 8.02. The van der Waals surface area contributed by atoms with Gasteiger partial charge in [-0.25, -0.2) is 4.79 Å². The van der Waals surface area contributed by atoms with Crippen LogP contribution in [0.25, 0.3) is 0 Å². The molecule has 21 heavy (non-hydrogen) atoms. The van der Waals surface area contributed by atoms with E-state index in [1.165, 1.54) is 6.42 Å². The zero-order valence-corrected chi connectivity index (χ0v) is 14.2. The van der Waals surface area contributed by atoms with Gasteiger partial charge in [-0.3, -0.25) is 0 Å². The molecule has 3 atom stereocenters. The minimum atomic E-state index is -0.196. The fourth-order valence-corrected chi connectivity index (χ4v) is 4.53. The van der Waals surface area contributed by atoms with Crippen molar-refractivity contribution in [2.24, 2.45) is 16.7 Å². The standard InChI is InChI=1S/C18H24O2S/c1-11-5-6-13(21)10-14(11)16(19)20-15-9-12-7-8-18(15,4)17(12,2)3/h5-6,10,12,15,21H,7-9H2,1-4H3. The third kappa shape index (κ3) is 2.12. The highest BCUT2D eigenvalue weighted by atomic mass is 32.1. The first-order chi connectivity index (χ1) is 9.75. The summed E-state index contributed by atoms with van der Waals surface area (Å²) < 4.78 is 5.93. The Morgan fingerprint density at radius 1 is 1.33 bits per heavy atom. The van der Waals surface area contributed by atoms with E-state index >= 15 is 0 Å². The fourth-order valence-electron chi connectivity index (χ4n) is 4.33. The van der Waals surface area contributed by atoms with Crippen molar-refractivity contribution >= 4 is 18.6 Å². The van der Waals surface area contributed by atoms with Crippen LogP contribution in [0.5, 0.6) is 0 Å². The van der Waals surface area contributed by atoms with Gasteiger partial charge in [0.2, 0.25) is 0 Å². The Balaban J connectivity index is 1.82. The molecule has 3 unspecified atom stereocenters. The molecule has 1 aromatic rings. The molecule has 2 aliphatic rings. The largest absolute Gasteiger partial charge is 0.458 e. The molecule has 0 amide bonds. The summed E-state index contributed by atoms with van der Waals surface area (Å²) in [5.74, 6) is 0.482. The van der Waals surface area contributed by atoms with Crippen molar-refractivity contribution in [1.82, 2.24) is 0 Å². The maximum absolute atomic E-state index is 12.5. The number of carbonyl (C=O) groups is 1. The summed E-state index contributed by atoms with van der Waals surface area (Å²) >= 11 is 4.32. The van der Waals surface area contributed by atoms with Crippen LogP contribution < -0.4 is 0 Å². The fraction of sp³-hybridized carbons (Fsp3) is 0.611. The van der Waals surface area contributed by atoms with Gasteiger partial charge in [0.05, 0.1) is 5.56 Å². The minimum Gasteiger partial charge on any atom is -0.458 e. The summed E-state index contributed by atoms with van der Waals surface area (Å²) in [6, 6.07) is 5.63. The van der Waals surface area contributed by atoms with Gasteiger partial charge < -0.3 is 4.74 Å². The van der Waals surface area contributed by atoms with Crippen molar-refractivity contribution in [3.63, 3.8) is 0 Å². The Bertz CT molecular complexity index is 593. The van der Waals surface area contributed by atoms with E-state index in [9.17, 15) is 4.79 Å². The lowest BCUT2D eigenvalue weighted by molar-refractivity contribution is -0.0243. The van der Waals surface area contributed by atoms with Gasteiger partial charge in [0, 0.05) is 10.3 Å². The molecule has 0 radical (unpaired) electrons. The van der Waals surface area contributed by atoms with Crippen molar-refractivity contribution in [2.45, 2.75) is 58.0 Å². The van der Waals surface area contributed by atoms with Crippen LogP contribution in [0, 0.1) is 23.7 Å². The Kier molecular flexibility index (Phi) is 3.40. The van der Waals surface area contributed by atoms with Gasteiger partial charge in [-0.05, 0) is 55.2 Å². The van der Waals surface area contributed by atoms with Crippen molar-refractivity contribution in [1.29, 1.82) is 0 Å². The summed E-state index contributed by atoms with van der Waals surface area (Å²) in [6.45, 7) is 8.90. The number of thiol groups is 1. The van der Waals surface area contributed by atoms with Crippen LogP contribution in [0.4, 0.5) is 0 Å².